The molecule has 1 saturated carbocycles. The Kier molecular flexibility index (Phi) is 17.2. The molecule has 2 saturated heterocycles. The van der Waals surface area contributed by atoms with E-state index in [4.69, 9.17) is 29.4 Å². The molecule has 5 rings (SSSR count). The normalized spacial score (nSPS) is 37.8. The molecule has 3 aliphatic heterocycles. The second-order valence-corrected chi connectivity index (χ2v) is 18.5. The minimum atomic E-state index is -2.48. The fourth-order valence-electron chi connectivity index (χ4n) is 10.0. The van der Waals surface area contributed by atoms with Crippen LogP contribution in [0.4, 0.5) is 0 Å². The van der Waals surface area contributed by atoms with E-state index in [-0.39, 0.29) is 66.7 Å². The van der Waals surface area contributed by atoms with Crippen molar-refractivity contribution >= 4 is 23.4 Å². The summed E-state index contributed by atoms with van der Waals surface area (Å²) in [6, 6.07) is 5.32. The summed E-state index contributed by atoms with van der Waals surface area (Å²) in [5, 5.41) is 21.8. The number of ether oxygens (including phenoxy) is 5. The number of nitrogens with two attached hydrogens (primary N) is 1. The van der Waals surface area contributed by atoms with Crippen LogP contribution in [0.5, 0.6) is 11.5 Å². The van der Waals surface area contributed by atoms with E-state index in [0.717, 1.165) is 24.0 Å². The van der Waals surface area contributed by atoms with Gasteiger partial charge in [0.25, 0.3) is 11.7 Å². The summed E-state index contributed by atoms with van der Waals surface area (Å²) in [4.78, 5) is 58.1. The molecular weight excluding hydrogens is 781 g/mol. The Labute approximate surface area is 362 Å². The average molecular weight is 853 g/mol. The van der Waals surface area contributed by atoms with Gasteiger partial charge < -0.3 is 44.5 Å². The molecule has 0 aromatic heterocycles. The summed E-state index contributed by atoms with van der Waals surface area (Å²) in [6.07, 6.45) is 7.71. The van der Waals surface area contributed by atoms with Crippen molar-refractivity contribution in [3.05, 3.63) is 47.6 Å². The summed E-state index contributed by atoms with van der Waals surface area (Å²) in [7, 11) is 3.10. The first-order valence-corrected chi connectivity index (χ1v) is 22.6. The lowest BCUT2D eigenvalue weighted by atomic mass is 9.81. The monoisotopic (exact) mass is 853 g/mol. The highest BCUT2D eigenvalue weighted by molar-refractivity contribution is 6.39. The van der Waals surface area contributed by atoms with E-state index in [0.29, 0.717) is 57.1 Å². The number of aromatic hydroxyl groups is 1. The van der Waals surface area contributed by atoms with Crippen LogP contribution < -0.4 is 10.5 Å². The highest BCUT2D eigenvalue weighted by atomic mass is 16.7. The Morgan fingerprint density at radius 3 is 2.31 bits per heavy atom. The second kappa shape index (κ2) is 21.6. The summed E-state index contributed by atoms with van der Waals surface area (Å²) in [6.45, 7) is 11.8. The molecule has 61 heavy (non-hydrogen) atoms. The number of amides is 1. The van der Waals surface area contributed by atoms with Gasteiger partial charge in [-0.25, -0.2) is 4.79 Å². The lowest BCUT2D eigenvalue weighted by Crippen LogP contribution is -2.64. The molecule has 1 amide bonds. The van der Waals surface area contributed by atoms with E-state index in [1.807, 2.05) is 27.7 Å². The highest BCUT2D eigenvalue weighted by Crippen LogP contribution is 2.39. The van der Waals surface area contributed by atoms with Gasteiger partial charge in [-0.15, -0.1) is 0 Å². The Morgan fingerprint density at radius 1 is 0.951 bits per heavy atom. The van der Waals surface area contributed by atoms with Crippen molar-refractivity contribution in [2.75, 3.05) is 20.8 Å². The first-order valence-electron chi connectivity index (χ1n) is 22.6. The first kappa shape index (κ1) is 48.4. The van der Waals surface area contributed by atoms with Gasteiger partial charge in [0.1, 0.15) is 41.6 Å². The fraction of sp³-hybridized carbons (Fsp3) is 0.708. The van der Waals surface area contributed by atoms with Crippen LogP contribution in [-0.2, 0) is 38.1 Å². The van der Waals surface area contributed by atoms with Gasteiger partial charge in [0.2, 0.25) is 5.79 Å². The van der Waals surface area contributed by atoms with E-state index in [1.165, 1.54) is 4.90 Å². The number of benzene rings is 1. The van der Waals surface area contributed by atoms with E-state index in [9.17, 15) is 29.4 Å². The van der Waals surface area contributed by atoms with Gasteiger partial charge in [0.15, 0.2) is 0 Å². The van der Waals surface area contributed by atoms with Crippen LogP contribution in [0.25, 0.3) is 0 Å². The maximum absolute atomic E-state index is 14.4. The SMILES string of the molecule is CCC1/C=C(\C)CC(C)CC(OC)C2OC(O)(C(=O)C(=O)N3CCCCC3C(=O)OC(C(C)=CC3CCC(N)C(Oc4ccc(O)cc4)C3)C(C)CCC1=O)C(C)CC2OC. The van der Waals surface area contributed by atoms with Crippen molar-refractivity contribution in [3.63, 3.8) is 0 Å². The Morgan fingerprint density at radius 2 is 1.64 bits per heavy atom. The van der Waals surface area contributed by atoms with Gasteiger partial charge in [-0.05, 0) is 132 Å². The number of nitrogens with zero attached hydrogens (tertiary/aromatic N) is 1. The fourth-order valence-corrected chi connectivity index (χ4v) is 10.0. The molecule has 4 aliphatic rings. The summed E-state index contributed by atoms with van der Waals surface area (Å²) >= 11 is 0. The predicted molar refractivity (Wildman–Crippen MR) is 230 cm³/mol. The molecule has 0 radical (unpaired) electrons. The molecule has 1 aromatic carbocycles. The molecule has 2 bridgehead atoms. The number of fused-ring (bicyclic) bond motifs is 3. The molecule has 4 N–H and O–H groups in total. The summed E-state index contributed by atoms with van der Waals surface area (Å²) < 4.78 is 30.8. The number of esters is 1. The number of methoxy groups -OCH3 is 2. The minimum absolute atomic E-state index is 0.0578. The summed E-state index contributed by atoms with van der Waals surface area (Å²) in [5.74, 6) is -5.56. The van der Waals surface area contributed by atoms with Crippen LogP contribution >= 0.6 is 0 Å². The van der Waals surface area contributed by atoms with Gasteiger partial charge in [-0.2, -0.15) is 0 Å². The quantitative estimate of drug-likeness (QED) is 0.152. The molecular formula is C48H72N2O11. The number of hydrogen-bond acceptors (Lipinski definition) is 12. The molecule has 13 atom stereocenters. The molecule has 1 aliphatic carbocycles. The van der Waals surface area contributed by atoms with Crippen LogP contribution in [0.2, 0.25) is 0 Å². The van der Waals surface area contributed by atoms with Gasteiger partial charge in [0, 0.05) is 45.1 Å². The Balaban J connectivity index is 1.48. The number of Topliss-reactive ketones (excluding diaryl/α,β-unsaturated/α-hetero) is 2. The van der Waals surface area contributed by atoms with Gasteiger partial charge >= 0.3 is 5.97 Å². The lowest BCUT2D eigenvalue weighted by Gasteiger charge is -2.47. The second-order valence-electron chi connectivity index (χ2n) is 18.5. The van der Waals surface area contributed by atoms with Gasteiger partial charge in [-0.1, -0.05) is 45.4 Å². The maximum Gasteiger partial charge on any atom is 0.329 e. The molecule has 340 valence electrons. The number of allylic oxidation sites excluding steroid dienone is 3. The third kappa shape index (κ3) is 11.9. The topological polar surface area (TPSA) is 184 Å². The zero-order chi connectivity index (χ0) is 44.6. The number of phenolic OH excluding ortho intramolecular Hbond substituents is 1. The molecule has 3 fully saturated rings. The number of rotatable bonds is 7. The van der Waals surface area contributed by atoms with E-state index >= 15 is 0 Å². The first-order chi connectivity index (χ1) is 29.0. The van der Waals surface area contributed by atoms with Crippen LogP contribution in [0, 0.1) is 29.6 Å². The van der Waals surface area contributed by atoms with Crippen molar-refractivity contribution in [2.24, 2.45) is 35.3 Å². The molecule has 3 heterocycles. The zero-order valence-electron chi connectivity index (χ0n) is 37.7. The van der Waals surface area contributed by atoms with Crippen LogP contribution in [-0.4, -0.2) is 108 Å². The van der Waals surface area contributed by atoms with Crippen LogP contribution in [0.15, 0.2) is 47.6 Å². The Hall–Kier alpha value is -3.62. The number of piperidine rings is 1. The van der Waals surface area contributed by atoms with Crippen molar-refractivity contribution in [1.29, 1.82) is 0 Å². The van der Waals surface area contributed by atoms with Crippen LogP contribution in [0.1, 0.15) is 119 Å². The largest absolute Gasteiger partial charge is 0.508 e. The van der Waals surface area contributed by atoms with Gasteiger partial charge in [-0.3, -0.25) is 14.4 Å². The number of carbonyl (C=O) groups is 4. The molecule has 13 nitrogen and oxygen atoms in total. The van der Waals surface area contributed by atoms with Crippen molar-refractivity contribution in [3.8, 4) is 11.5 Å². The standard InChI is InChI=1S/C48H72N2O11/c1-9-34-23-28(2)22-29(3)24-41(57-7)44-42(58-8)26-32(6)48(56,61-44)45(53)46(54)50-21-11-10-12-38(50)47(55)60-43(30(4)13-20-39(34)52)31(5)25-33-14-19-37(49)40(27-33)59-36-17-15-35(51)16-18-36/h15-18,23,25,29-30,32-34,37-38,40-44,51,56H,9-14,19-22,24,26-27,49H2,1-8H3/b28-23+,31-25?. The van der Waals surface area contributed by atoms with Crippen LogP contribution in [0.3, 0.4) is 0 Å². The predicted octanol–water partition coefficient (Wildman–Crippen LogP) is 6.61. The number of cyclic esters (lactones) is 1. The molecule has 13 unspecified atom stereocenters. The zero-order valence-corrected chi connectivity index (χ0v) is 37.7. The maximum atomic E-state index is 14.4. The number of carbonyl (C=O) groups excluding carboxylic acids is 4. The highest BCUT2D eigenvalue weighted by Gasteiger charge is 2.56. The lowest BCUT2D eigenvalue weighted by molar-refractivity contribution is -0.302. The molecule has 13 heteroatoms. The Bertz CT molecular complexity index is 1730. The number of phenols is 1. The third-order valence-electron chi connectivity index (χ3n) is 13.7. The van der Waals surface area contributed by atoms with E-state index in [2.05, 4.69) is 19.1 Å². The summed E-state index contributed by atoms with van der Waals surface area (Å²) in [5.41, 5.74) is 8.42. The number of hydrogen-bond donors (Lipinski definition) is 3. The van der Waals surface area contributed by atoms with E-state index < -0.39 is 59.8 Å². The number of aliphatic hydroxyl groups is 1. The van der Waals surface area contributed by atoms with Crippen molar-refractivity contribution < 1.29 is 53.1 Å². The minimum Gasteiger partial charge on any atom is -0.508 e. The van der Waals surface area contributed by atoms with Gasteiger partial charge in [0.05, 0.1) is 12.2 Å². The molecule has 0 spiro atoms. The average Bonchev–Trinajstić information content (AvgIpc) is 3.24. The third-order valence-corrected chi connectivity index (χ3v) is 13.7. The molecule has 1 aromatic rings. The number of ketones is 2. The van der Waals surface area contributed by atoms with Crippen molar-refractivity contribution in [1.82, 2.24) is 4.90 Å². The smallest absolute Gasteiger partial charge is 0.329 e. The van der Waals surface area contributed by atoms with Crippen molar-refractivity contribution in [2.45, 2.75) is 167 Å². The van der Waals surface area contributed by atoms with E-state index in [1.54, 1.807) is 45.4 Å².